The van der Waals surface area contributed by atoms with Crippen LogP contribution < -0.4 is 0 Å². The molecule has 31 heavy (non-hydrogen) atoms. The number of carbonyl (C=O) groups excluding carboxylic acids is 1. The van der Waals surface area contributed by atoms with Crippen molar-refractivity contribution in [1.29, 1.82) is 0 Å². The van der Waals surface area contributed by atoms with Crippen LogP contribution in [-0.2, 0) is 29.2 Å². The van der Waals surface area contributed by atoms with Gasteiger partial charge in [-0.2, -0.15) is 0 Å². The maximum Gasteiger partial charge on any atom is 0.337 e. The number of allylic oxidation sites excluding steroid dienone is 1. The number of benzene rings is 1. The van der Waals surface area contributed by atoms with E-state index in [2.05, 4.69) is 48.5 Å². The number of ketones is 1. The molecule has 0 aliphatic heterocycles. The van der Waals surface area contributed by atoms with Gasteiger partial charge in [0.2, 0.25) is 0 Å². The van der Waals surface area contributed by atoms with E-state index in [1.807, 2.05) is 18.2 Å². The summed E-state index contributed by atoms with van der Waals surface area (Å²) in [5.74, 6) is 0.0742. The fourth-order valence-electron chi connectivity index (χ4n) is 3.42. The van der Waals surface area contributed by atoms with Gasteiger partial charge in [-0.1, -0.05) is 61.3 Å². The molecule has 1 rings (SSSR count). The monoisotopic (exact) mass is 452 g/mol. The Labute approximate surface area is 188 Å². The van der Waals surface area contributed by atoms with Crippen LogP contribution in [0.25, 0.3) is 6.08 Å². The molecule has 0 saturated carbocycles. The largest absolute Gasteiger partial charge is 0.507 e. The highest BCUT2D eigenvalue weighted by atomic mass is 31.2. The highest BCUT2D eigenvalue weighted by molar-refractivity contribution is 7.54. The van der Waals surface area contributed by atoms with Gasteiger partial charge in [0.25, 0.3) is 0 Å². The second kappa shape index (κ2) is 10.9. The van der Waals surface area contributed by atoms with E-state index in [1.165, 1.54) is 14.2 Å². The van der Waals surface area contributed by atoms with Crippen molar-refractivity contribution < 1.29 is 23.5 Å². The van der Waals surface area contributed by atoms with Gasteiger partial charge in [-0.15, -0.1) is 0 Å². The molecule has 0 aliphatic carbocycles. The molecule has 0 radical (unpaired) electrons. The number of hydrogen-bond donors (Lipinski definition) is 1. The van der Waals surface area contributed by atoms with Gasteiger partial charge in [0.15, 0.2) is 5.78 Å². The van der Waals surface area contributed by atoms with Crippen molar-refractivity contribution in [2.45, 2.75) is 85.0 Å². The summed E-state index contributed by atoms with van der Waals surface area (Å²) < 4.78 is 22.5. The van der Waals surface area contributed by atoms with Crippen LogP contribution in [0.15, 0.2) is 17.7 Å². The fraction of sp³-hybridized carbons (Fsp3) is 0.640. The van der Waals surface area contributed by atoms with E-state index < -0.39 is 7.60 Å². The van der Waals surface area contributed by atoms with Crippen LogP contribution in [0.1, 0.15) is 90.8 Å². The zero-order valence-corrected chi connectivity index (χ0v) is 21.7. The summed E-state index contributed by atoms with van der Waals surface area (Å²) in [7, 11) is -0.856. The third-order valence-electron chi connectivity index (χ3n) is 5.39. The summed E-state index contributed by atoms with van der Waals surface area (Å²) in [5, 5.41) is 11.0. The first-order valence-corrected chi connectivity index (χ1v) is 12.7. The van der Waals surface area contributed by atoms with Crippen molar-refractivity contribution in [2.24, 2.45) is 0 Å². The standard InChI is InChI=1S/C25H41O5P/c1-10-11-12-13-19(22(26)17-31(28,29-8)30-9)14-18-15-20(24(2,3)4)23(27)21(16-18)25(5,6)7/h14-16,27H,10-13,17H2,1-9H3. The molecule has 1 N–H and O–H groups in total. The predicted molar refractivity (Wildman–Crippen MR) is 129 cm³/mol. The average Bonchev–Trinajstić information content (AvgIpc) is 2.66. The molecule has 0 amide bonds. The second-order valence-electron chi connectivity index (χ2n) is 10.1. The molecule has 0 unspecified atom stereocenters. The first kappa shape index (κ1) is 27.6. The van der Waals surface area contributed by atoms with Gasteiger partial charge in [0, 0.05) is 25.3 Å². The van der Waals surface area contributed by atoms with E-state index in [0.29, 0.717) is 17.7 Å². The van der Waals surface area contributed by atoms with Gasteiger partial charge >= 0.3 is 7.60 Å². The maximum absolute atomic E-state index is 13.1. The number of aromatic hydroxyl groups is 1. The first-order valence-electron chi connectivity index (χ1n) is 11.0. The van der Waals surface area contributed by atoms with Gasteiger partial charge in [-0.3, -0.25) is 9.36 Å². The van der Waals surface area contributed by atoms with E-state index in [0.717, 1.165) is 36.0 Å². The predicted octanol–water partition coefficient (Wildman–Crippen LogP) is 7.01. The summed E-state index contributed by atoms with van der Waals surface area (Å²) in [6.45, 7) is 14.5. The average molecular weight is 453 g/mol. The van der Waals surface area contributed by atoms with Crippen molar-refractivity contribution in [3.05, 3.63) is 34.4 Å². The number of rotatable bonds is 10. The lowest BCUT2D eigenvalue weighted by atomic mass is 9.78. The maximum atomic E-state index is 13.1. The zero-order chi connectivity index (χ0) is 24.0. The summed E-state index contributed by atoms with van der Waals surface area (Å²) in [6.07, 6.45) is 5.10. The topological polar surface area (TPSA) is 72.8 Å². The van der Waals surface area contributed by atoms with E-state index in [4.69, 9.17) is 9.05 Å². The van der Waals surface area contributed by atoms with Crippen LogP contribution in [0.5, 0.6) is 5.75 Å². The number of carbonyl (C=O) groups is 1. The Morgan fingerprint density at radius 1 is 1.00 bits per heavy atom. The number of Topliss-reactive ketones (excluding diaryl/α,β-unsaturated/α-hetero) is 1. The van der Waals surface area contributed by atoms with Crippen LogP contribution in [0.3, 0.4) is 0 Å². The molecule has 0 bridgehead atoms. The Hall–Kier alpha value is -1.42. The van der Waals surface area contributed by atoms with E-state index >= 15 is 0 Å². The molecule has 0 saturated heterocycles. The molecule has 0 heterocycles. The van der Waals surface area contributed by atoms with Gasteiger partial charge in [-0.05, 0) is 53.0 Å². The second-order valence-corrected chi connectivity index (χ2v) is 12.4. The van der Waals surface area contributed by atoms with E-state index in [1.54, 1.807) is 0 Å². The number of unbranched alkanes of at least 4 members (excludes halogenated alkanes) is 2. The molecule has 176 valence electrons. The first-order chi connectivity index (χ1) is 14.2. The minimum Gasteiger partial charge on any atom is -0.507 e. The lowest BCUT2D eigenvalue weighted by molar-refractivity contribution is -0.113. The molecule has 1 aromatic rings. The highest BCUT2D eigenvalue weighted by Gasteiger charge is 2.29. The SMILES string of the molecule is CCCCCC(=Cc1cc(C(C)(C)C)c(O)c(C(C)(C)C)c1)C(=O)CP(=O)(OC)OC. The Bertz CT molecular complexity index is 797. The Morgan fingerprint density at radius 2 is 1.48 bits per heavy atom. The van der Waals surface area contributed by atoms with Crippen LogP contribution >= 0.6 is 7.60 Å². The minimum atomic E-state index is -3.45. The molecule has 0 aromatic heterocycles. The third-order valence-corrected chi connectivity index (χ3v) is 7.18. The molecule has 0 aliphatic rings. The van der Waals surface area contributed by atoms with Crippen molar-refractivity contribution in [3.8, 4) is 5.75 Å². The summed E-state index contributed by atoms with van der Waals surface area (Å²) in [6, 6.07) is 3.90. The molecule has 5 nitrogen and oxygen atoms in total. The minimum absolute atomic E-state index is 0.231. The molecule has 6 heteroatoms. The Balaban J connectivity index is 3.57. The van der Waals surface area contributed by atoms with Crippen molar-refractivity contribution in [3.63, 3.8) is 0 Å². The quantitative estimate of drug-likeness (QED) is 0.235. The van der Waals surface area contributed by atoms with Crippen LogP contribution in [-0.4, -0.2) is 31.3 Å². The van der Waals surface area contributed by atoms with Crippen LogP contribution in [0, 0.1) is 0 Å². The lowest BCUT2D eigenvalue weighted by Crippen LogP contribution is -2.17. The van der Waals surface area contributed by atoms with Gasteiger partial charge in [0.1, 0.15) is 11.9 Å². The third kappa shape index (κ3) is 7.89. The van der Waals surface area contributed by atoms with Crippen molar-refractivity contribution >= 4 is 19.5 Å². The molecule has 0 fully saturated rings. The molecule has 0 atom stereocenters. The van der Waals surface area contributed by atoms with E-state index in [9.17, 15) is 14.5 Å². The molecular formula is C25H41O5P. The van der Waals surface area contributed by atoms with Crippen LogP contribution in [0.2, 0.25) is 0 Å². The number of hydrogen-bond acceptors (Lipinski definition) is 5. The molecule has 1 aromatic carbocycles. The van der Waals surface area contributed by atoms with E-state index in [-0.39, 0.29) is 22.8 Å². The zero-order valence-electron chi connectivity index (χ0n) is 20.8. The van der Waals surface area contributed by atoms with Gasteiger partial charge in [0.05, 0.1) is 0 Å². The highest BCUT2D eigenvalue weighted by Crippen LogP contribution is 2.47. The normalized spacial score (nSPS) is 13.5. The van der Waals surface area contributed by atoms with Gasteiger partial charge < -0.3 is 14.2 Å². The Morgan fingerprint density at radius 3 is 1.87 bits per heavy atom. The van der Waals surface area contributed by atoms with Gasteiger partial charge in [-0.25, -0.2) is 0 Å². The fourth-order valence-corrected chi connectivity index (χ4v) is 4.39. The molecular weight excluding hydrogens is 411 g/mol. The summed E-state index contributed by atoms with van der Waals surface area (Å²) in [4.78, 5) is 13.1. The van der Waals surface area contributed by atoms with Crippen LogP contribution in [0.4, 0.5) is 0 Å². The number of phenols is 1. The number of phenolic OH excluding ortho intramolecular Hbond substituents is 1. The lowest BCUT2D eigenvalue weighted by Gasteiger charge is -2.28. The van der Waals surface area contributed by atoms with Crippen molar-refractivity contribution in [1.82, 2.24) is 0 Å². The molecule has 0 spiro atoms. The Kier molecular flexibility index (Phi) is 9.74. The summed E-state index contributed by atoms with van der Waals surface area (Å²) in [5.41, 5.74) is 2.62. The van der Waals surface area contributed by atoms with Crippen molar-refractivity contribution in [2.75, 3.05) is 20.4 Å². The smallest absolute Gasteiger partial charge is 0.337 e. The summed E-state index contributed by atoms with van der Waals surface area (Å²) >= 11 is 0.